The van der Waals surface area contributed by atoms with Gasteiger partial charge in [0.1, 0.15) is 0 Å². The number of anilines is 1. The highest BCUT2D eigenvalue weighted by Crippen LogP contribution is 2.32. The first-order valence-corrected chi connectivity index (χ1v) is 8.50. The summed E-state index contributed by atoms with van der Waals surface area (Å²) in [5, 5.41) is 3.65. The summed E-state index contributed by atoms with van der Waals surface area (Å²) in [7, 11) is -3.72. The molecule has 1 aromatic carbocycles. The number of benzene rings is 1. The van der Waals surface area contributed by atoms with Gasteiger partial charge in [0.25, 0.3) is 0 Å². The number of rotatable bonds is 4. The number of thiophene rings is 1. The van der Waals surface area contributed by atoms with Gasteiger partial charge in [-0.15, -0.1) is 0 Å². The smallest absolute Gasteiger partial charge is 0.398 e. The minimum atomic E-state index is -4.55. The summed E-state index contributed by atoms with van der Waals surface area (Å²) in [4.78, 5) is -0.259. The lowest BCUT2D eigenvalue weighted by Gasteiger charge is -2.11. The number of hydrogen-bond donors (Lipinski definition) is 1. The fraction of sp³-hybridized carbons (Fsp3) is 0.231. The molecule has 0 bridgehead atoms. The predicted molar refractivity (Wildman–Crippen MR) is 75.9 cm³/mol. The lowest BCUT2D eigenvalue weighted by Crippen LogP contribution is -2.13. The van der Waals surface area contributed by atoms with Gasteiger partial charge in [-0.25, -0.2) is 8.42 Å². The molecule has 0 aliphatic carbocycles. The summed E-state index contributed by atoms with van der Waals surface area (Å²) in [5.41, 5.74) is 5.00. The Balaban J connectivity index is 2.24. The maximum atomic E-state index is 12.5. The van der Waals surface area contributed by atoms with Gasteiger partial charge >= 0.3 is 6.18 Å². The van der Waals surface area contributed by atoms with Gasteiger partial charge in [-0.05, 0) is 47.0 Å². The molecule has 0 unspecified atom stereocenters. The van der Waals surface area contributed by atoms with Crippen molar-refractivity contribution in [3.8, 4) is 0 Å². The molecule has 1 aromatic heterocycles. The van der Waals surface area contributed by atoms with Gasteiger partial charge in [0.15, 0.2) is 9.84 Å². The third-order valence-corrected chi connectivity index (χ3v) is 5.43. The van der Waals surface area contributed by atoms with Crippen LogP contribution in [0.15, 0.2) is 39.9 Å². The molecule has 0 saturated carbocycles. The Kier molecular flexibility index (Phi) is 4.29. The van der Waals surface area contributed by atoms with Crippen molar-refractivity contribution in [2.24, 2.45) is 0 Å². The summed E-state index contributed by atoms with van der Waals surface area (Å²) in [5.74, 6) is -0.195. The lowest BCUT2D eigenvalue weighted by atomic mass is 10.2. The number of aryl methyl sites for hydroxylation is 1. The van der Waals surface area contributed by atoms with Crippen molar-refractivity contribution in [3.63, 3.8) is 0 Å². The van der Waals surface area contributed by atoms with Gasteiger partial charge in [-0.2, -0.15) is 24.5 Å². The van der Waals surface area contributed by atoms with Gasteiger partial charge in [0.2, 0.25) is 0 Å². The van der Waals surface area contributed by atoms with Crippen molar-refractivity contribution in [1.82, 2.24) is 0 Å². The van der Waals surface area contributed by atoms with E-state index in [1.807, 2.05) is 10.8 Å². The van der Waals surface area contributed by atoms with Crippen LogP contribution in [0, 0.1) is 0 Å². The van der Waals surface area contributed by atoms with Gasteiger partial charge in [-0.3, -0.25) is 0 Å². The van der Waals surface area contributed by atoms with Crippen molar-refractivity contribution >= 4 is 26.9 Å². The zero-order valence-electron chi connectivity index (χ0n) is 10.7. The van der Waals surface area contributed by atoms with Gasteiger partial charge < -0.3 is 5.73 Å². The first-order chi connectivity index (χ1) is 9.70. The Labute approximate surface area is 124 Å². The standard InChI is InChI=1S/C13H12F3NO2S2/c14-13(15,16)10-1-2-12(11(17)7-10)21(18,19)6-4-9-3-5-20-8-9/h1-3,5,7-8H,4,6,17H2. The minimum absolute atomic E-state index is 0.195. The van der Waals surface area contributed by atoms with Crippen LogP contribution in [0.1, 0.15) is 11.1 Å². The van der Waals surface area contributed by atoms with E-state index in [2.05, 4.69) is 0 Å². The van der Waals surface area contributed by atoms with Crippen LogP contribution in [0.2, 0.25) is 0 Å². The summed E-state index contributed by atoms with van der Waals surface area (Å²) < 4.78 is 61.9. The van der Waals surface area contributed by atoms with Crippen molar-refractivity contribution in [1.29, 1.82) is 0 Å². The second-order valence-corrected chi connectivity index (χ2v) is 7.31. The largest absolute Gasteiger partial charge is 0.416 e. The molecular formula is C13H12F3NO2S2. The lowest BCUT2D eigenvalue weighted by molar-refractivity contribution is -0.137. The number of halogens is 3. The Bertz CT molecular complexity index is 722. The number of nitrogen functional groups attached to an aromatic ring is 1. The fourth-order valence-electron chi connectivity index (χ4n) is 1.81. The van der Waals surface area contributed by atoms with E-state index in [9.17, 15) is 21.6 Å². The third-order valence-electron chi connectivity index (χ3n) is 2.91. The van der Waals surface area contributed by atoms with Crippen LogP contribution >= 0.6 is 11.3 Å². The van der Waals surface area contributed by atoms with Crippen molar-refractivity contribution in [3.05, 3.63) is 46.2 Å². The van der Waals surface area contributed by atoms with E-state index in [1.165, 1.54) is 11.3 Å². The van der Waals surface area contributed by atoms with Crippen LogP contribution in [0.5, 0.6) is 0 Å². The van der Waals surface area contributed by atoms with E-state index in [-0.39, 0.29) is 16.3 Å². The highest BCUT2D eigenvalue weighted by molar-refractivity contribution is 7.91. The van der Waals surface area contributed by atoms with Gasteiger partial charge in [-0.1, -0.05) is 0 Å². The van der Waals surface area contributed by atoms with Crippen molar-refractivity contribution in [2.75, 3.05) is 11.5 Å². The fourth-order valence-corrected chi connectivity index (χ4v) is 3.93. The first-order valence-electron chi connectivity index (χ1n) is 5.91. The molecule has 0 atom stereocenters. The maximum absolute atomic E-state index is 12.5. The normalized spacial score (nSPS) is 12.5. The monoisotopic (exact) mass is 335 g/mol. The zero-order valence-corrected chi connectivity index (χ0v) is 12.4. The Hall–Kier alpha value is -1.54. The molecule has 0 spiro atoms. The summed E-state index contributed by atoms with van der Waals surface area (Å²) in [6.07, 6.45) is -4.25. The number of sulfone groups is 1. The van der Waals surface area contributed by atoms with Crippen LogP contribution in [-0.2, 0) is 22.4 Å². The number of alkyl halides is 3. The number of nitrogens with two attached hydrogens (primary N) is 1. The van der Waals surface area contributed by atoms with Crippen LogP contribution in [0.4, 0.5) is 18.9 Å². The molecule has 3 nitrogen and oxygen atoms in total. The molecule has 0 aliphatic heterocycles. The molecule has 2 rings (SSSR count). The molecule has 1 heterocycles. The second-order valence-electron chi connectivity index (χ2n) is 4.45. The number of hydrogen-bond acceptors (Lipinski definition) is 4. The Morgan fingerprint density at radius 1 is 1.19 bits per heavy atom. The zero-order chi connectivity index (χ0) is 15.7. The van der Waals surface area contributed by atoms with E-state index >= 15 is 0 Å². The molecule has 2 N–H and O–H groups in total. The van der Waals surface area contributed by atoms with Gasteiger partial charge in [0.05, 0.1) is 21.9 Å². The van der Waals surface area contributed by atoms with E-state index < -0.39 is 21.6 Å². The molecule has 0 fully saturated rings. The third kappa shape index (κ3) is 3.76. The summed E-state index contributed by atoms with van der Waals surface area (Å²) in [6.45, 7) is 0. The molecule has 0 radical (unpaired) electrons. The topological polar surface area (TPSA) is 60.2 Å². The van der Waals surface area contributed by atoms with E-state index in [0.717, 1.165) is 17.7 Å². The average Bonchev–Trinajstić information content (AvgIpc) is 2.88. The predicted octanol–water partition coefficient (Wildman–Crippen LogP) is 3.37. The SMILES string of the molecule is Nc1cc(C(F)(F)F)ccc1S(=O)(=O)CCc1ccsc1. The average molecular weight is 335 g/mol. The minimum Gasteiger partial charge on any atom is -0.398 e. The van der Waals surface area contributed by atoms with E-state index in [0.29, 0.717) is 12.5 Å². The summed E-state index contributed by atoms with van der Waals surface area (Å²) >= 11 is 1.45. The van der Waals surface area contributed by atoms with Crippen LogP contribution in [0.3, 0.4) is 0 Å². The Morgan fingerprint density at radius 3 is 2.43 bits per heavy atom. The van der Waals surface area contributed by atoms with E-state index in [4.69, 9.17) is 5.73 Å². The second kappa shape index (κ2) is 5.69. The molecule has 0 amide bonds. The summed E-state index contributed by atoms with van der Waals surface area (Å²) in [6, 6.07) is 4.10. The van der Waals surface area contributed by atoms with Crippen LogP contribution in [-0.4, -0.2) is 14.2 Å². The van der Waals surface area contributed by atoms with Crippen LogP contribution in [0.25, 0.3) is 0 Å². The Morgan fingerprint density at radius 2 is 1.90 bits per heavy atom. The molecule has 21 heavy (non-hydrogen) atoms. The highest BCUT2D eigenvalue weighted by Gasteiger charge is 2.31. The van der Waals surface area contributed by atoms with Crippen LogP contribution < -0.4 is 5.73 Å². The van der Waals surface area contributed by atoms with E-state index in [1.54, 1.807) is 6.07 Å². The molecule has 0 aliphatic rings. The quantitative estimate of drug-likeness (QED) is 0.872. The highest BCUT2D eigenvalue weighted by atomic mass is 32.2. The first kappa shape index (κ1) is 15.8. The maximum Gasteiger partial charge on any atom is 0.416 e. The van der Waals surface area contributed by atoms with Gasteiger partial charge in [0, 0.05) is 0 Å². The molecular weight excluding hydrogens is 323 g/mol. The molecule has 114 valence electrons. The van der Waals surface area contributed by atoms with Crippen molar-refractivity contribution < 1.29 is 21.6 Å². The molecule has 2 aromatic rings. The molecule has 0 saturated heterocycles. The molecule has 8 heteroatoms. The van der Waals surface area contributed by atoms with Crippen molar-refractivity contribution in [2.45, 2.75) is 17.5 Å².